The number of rotatable bonds is 2. The molecule has 0 amide bonds. The Bertz CT molecular complexity index is 429. The van der Waals surface area contributed by atoms with Gasteiger partial charge in [0.1, 0.15) is 17.5 Å². The number of methoxy groups -OCH3 is 1. The monoisotopic (exact) mass is 205 g/mol. The highest BCUT2D eigenvalue weighted by molar-refractivity contribution is 5.97. The quantitative estimate of drug-likeness (QED) is 0.421. The van der Waals surface area contributed by atoms with Gasteiger partial charge in [-0.1, -0.05) is 12.1 Å². The van der Waals surface area contributed by atoms with Crippen molar-refractivity contribution in [1.29, 1.82) is 5.26 Å². The third-order valence-corrected chi connectivity index (χ3v) is 1.71. The van der Waals surface area contributed by atoms with E-state index in [0.717, 1.165) is 0 Å². The van der Waals surface area contributed by atoms with Crippen LogP contribution in [-0.2, 0) is 9.53 Å². The highest BCUT2D eigenvalue weighted by atomic mass is 19.1. The van der Waals surface area contributed by atoms with E-state index in [0.29, 0.717) is 5.56 Å². The lowest BCUT2D eigenvalue weighted by atomic mass is 10.1. The number of esters is 1. The normalized spacial score (nSPS) is 10.6. The molecule has 0 spiro atoms. The van der Waals surface area contributed by atoms with E-state index < -0.39 is 5.97 Å². The van der Waals surface area contributed by atoms with E-state index in [2.05, 4.69) is 4.74 Å². The van der Waals surface area contributed by atoms with Crippen LogP contribution in [0.15, 0.2) is 29.8 Å². The molecule has 0 N–H and O–H groups in total. The Hall–Kier alpha value is -2.15. The summed E-state index contributed by atoms with van der Waals surface area (Å²) in [7, 11) is 1.19. The van der Waals surface area contributed by atoms with Gasteiger partial charge in [-0.05, 0) is 23.8 Å². The van der Waals surface area contributed by atoms with Gasteiger partial charge in [-0.15, -0.1) is 0 Å². The van der Waals surface area contributed by atoms with Gasteiger partial charge in [-0.3, -0.25) is 0 Å². The molecule has 76 valence electrons. The number of carbonyl (C=O) groups excluding carboxylic acids is 1. The maximum atomic E-state index is 12.6. The number of ether oxygens (including phenoxy) is 1. The topological polar surface area (TPSA) is 50.1 Å². The van der Waals surface area contributed by atoms with Crippen molar-refractivity contribution in [3.8, 4) is 6.07 Å². The first-order valence-corrected chi connectivity index (χ1v) is 4.13. The lowest BCUT2D eigenvalue weighted by molar-refractivity contribution is -0.135. The summed E-state index contributed by atoms with van der Waals surface area (Å²) in [6.45, 7) is 0. The van der Waals surface area contributed by atoms with E-state index in [-0.39, 0.29) is 11.4 Å². The molecule has 4 heteroatoms. The molecule has 0 aromatic heterocycles. The molecule has 0 aliphatic carbocycles. The minimum atomic E-state index is -0.707. The highest BCUT2D eigenvalue weighted by Gasteiger charge is 2.07. The summed E-state index contributed by atoms with van der Waals surface area (Å²) in [6, 6.07) is 7.14. The van der Waals surface area contributed by atoms with Gasteiger partial charge in [0.2, 0.25) is 0 Å². The number of carbonyl (C=O) groups is 1. The summed E-state index contributed by atoms with van der Waals surface area (Å²) in [4.78, 5) is 11.0. The fraction of sp³-hybridized carbons (Fsp3) is 0.0909. The van der Waals surface area contributed by atoms with Crippen LogP contribution in [-0.4, -0.2) is 13.1 Å². The molecule has 3 nitrogen and oxygen atoms in total. The lowest BCUT2D eigenvalue weighted by Gasteiger charge is -1.96. The zero-order valence-electron chi connectivity index (χ0n) is 8.03. The smallest absolute Gasteiger partial charge is 0.348 e. The Morgan fingerprint density at radius 2 is 2.07 bits per heavy atom. The second-order valence-corrected chi connectivity index (χ2v) is 2.71. The molecular formula is C11H8FNO2. The van der Waals surface area contributed by atoms with Crippen molar-refractivity contribution >= 4 is 12.0 Å². The van der Waals surface area contributed by atoms with Crippen LogP contribution >= 0.6 is 0 Å². The molecule has 0 atom stereocenters. The number of hydrogen-bond donors (Lipinski definition) is 0. The lowest BCUT2D eigenvalue weighted by Crippen LogP contribution is -2.02. The number of hydrogen-bond acceptors (Lipinski definition) is 3. The number of benzene rings is 1. The first-order chi connectivity index (χ1) is 7.17. The molecule has 15 heavy (non-hydrogen) atoms. The molecule has 0 heterocycles. The fourth-order valence-corrected chi connectivity index (χ4v) is 0.972. The van der Waals surface area contributed by atoms with Gasteiger partial charge < -0.3 is 4.74 Å². The summed E-state index contributed by atoms with van der Waals surface area (Å²) in [5.41, 5.74) is 0.447. The third-order valence-electron chi connectivity index (χ3n) is 1.71. The van der Waals surface area contributed by atoms with Crippen LogP contribution in [0.4, 0.5) is 4.39 Å². The van der Waals surface area contributed by atoms with Crippen molar-refractivity contribution < 1.29 is 13.9 Å². The molecule has 1 rings (SSSR count). The van der Waals surface area contributed by atoms with Gasteiger partial charge in [0, 0.05) is 0 Å². The summed E-state index contributed by atoms with van der Waals surface area (Å²) in [5.74, 6) is -1.08. The molecule has 0 aliphatic heterocycles. The van der Waals surface area contributed by atoms with Gasteiger partial charge >= 0.3 is 5.97 Å². The average Bonchev–Trinajstić information content (AvgIpc) is 2.27. The van der Waals surface area contributed by atoms with Crippen LogP contribution in [0.5, 0.6) is 0 Å². The summed E-state index contributed by atoms with van der Waals surface area (Å²) in [5, 5.41) is 8.65. The molecule has 0 bridgehead atoms. The first kappa shape index (κ1) is 10.9. The maximum Gasteiger partial charge on any atom is 0.348 e. The SMILES string of the molecule is COC(=O)/C(C#N)=C\c1ccc(F)cc1. The first-order valence-electron chi connectivity index (χ1n) is 4.13. The zero-order chi connectivity index (χ0) is 11.3. The van der Waals surface area contributed by atoms with E-state index >= 15 is 0 Å². The number of nitriles is 1. The third kappa shape index (κ3) is 2.92. The second-order valence-electron chi connectivity index (χ2n) is 2.71. The van der Waals surface area contributed by atoms with Crippen LogP contribution < -0.4 is 0 Å². The Balaban J connectivity index is 3.00. The van der Waals surface area contributed by atoms with Crippen molar-refractivity contribution in [3.05, 3.63) is 41.2 Å². The van der Waals surface area contributed by atoms with E-state index in [1.165, 1.54) is 37.5 Å². The molecule has 1 aromatic carbocycles. The Morgan fingerprint density at radius 1 is 1.47 bits per heavy atom. The van der Waals surface area contributed by atoms with Crippen LogP contribution in [0, 0.1) is 17.1 Å². The summed E-state index contributed by atoms with van der Waals surface area (Å²) < 4.78 is 16.9. The Kier molecular flexibility index (Phi) is 3.58. The van der Waals surface area contributed by atoms with Gasteiger partial charge in [0.25, 0.3) is 0 Å². The van der Waals surface area contributed by atoms with Gasteiger partial charge in [-0.2, -0.15) is 5.26 Å². The van der Waals surface area contributed by atoms with Crippen molar-refractivity contribution in [2.45, 2.75) is 0 Å². The van der Waals surface area contributed by atoms with Crippen LogP contribution in [0.25, 0.3) is 6.08 Å². The number of nitrogens with zero attached hydrogens (tertiary/aromatic N) is 1. The van der Waals surface area contributed by atoms with Crippen molar-refractivity contribution in [2.24, 2.45) is 0 Å². The minimum absolute atomic E-state index is 0.121. The van der Waals surface area contributed by atoms with Gasteiger partial charge in [0.15, 0.2) is 0 Å². The standard InChI is InChI=1S/C11H8FNO2/c1-15-11(14)9(7-13)6-8-2-4-10(12)5-3-8/h2-6H,1H3/b9-6-. The van der Waals surface area contributed by atoms with Crippen molar-refractivity contribution in [2.75, 3.05) is 7.11 Å². The maximum absolute atomic E-state index is 12.6. The zero-order valence-corrected chi connectivity index (χ0v) is 8.03. The van der Waals surface area contributed by atoms with Crippen LogP contribution in [0.1, 0.15) is 5.56 Å². The molecule has 0 fully saturated rings. The van der Waals surface area contributed by atoms with Crippen LogP contribution in [0.3, 0.4) is 0 Å². The molecule has 0 saturated heterocycles. The molecule has 0 saturated carbocycles. The van der Waals surface area contributed by atoms with Crippen molar-refractivity contribution in [3.63, 3.8) is 0 Å². The highest BCUT2D eigenvalue weighted by Crippen LogP contribution is 2.08. The Labute approximate surface area is 86.4 Å². The molecule has 0 radical (unpaired) electrons. The molecular weight excluding hydrogens is 197 g/mol. The van der Waals surface area contributed by atoms with Crippen LogP contribution in [0.2, 0.25) is 0 Å². The summed E-state index contributed by atoms with van der Waals surface area (Å²) in [6.07, 6.45) is 1.34. The van der Waals surface area contributed by atoms with Gasteiger partial charge in [-0.25, -0.2) is 9.18 Å². The van der Waals surface area contributed by atoms with E-state index in [4.69, 9.17) is 5.26 Å². The Morgan fingerprint density at radius 3 is 2.53 bits per heavy atom. The molecule has 0 unspecified atom stereocenters. The van der Waals surface area contributed by atoms with Gasteiger partial charge in [0.05, 0.1) is 7.11 Å². The van der Waals surface area contributed by atoms with E-state index in [1.54, 1.807) is 6.07 Å². The predicted molar refractivity (Wildman–Crippen MR) is 52.0 cm³/mol. The van der Waals surface area contributed by atoms with E-state index in [1.807, 2.05) is 0 Å². The van der Waals surface area contributed by atoms with Crippen molar-refractivity contribution in [1.82, 2.24) is 0 Å². The average molecular weight is 205 g/mol. The van der Waals surface area contributed by atoms with E-state index in [9.17, 15) is 9.18 Å². The minimum Gasteiger partial charge on any atom is -0.465 e. The second kappa shape index (κ2) is 4.91. The largest absolute Gasteiger partial charge is 0.465 e. The fourth-order valence-electron chi connectivity index (χ4n) is 0.972. The number of halogens is 1. The predicted octanol–water partition coefficient (Wildman–Crippen LogP) is 1.91. The molecule has 0 aliphatic rings. The molecule has 1 aromatic rings. The summed E-state index contributed by atoms with van der Waals surface area (Å²) >= 11 is 0.